The molecule has 0 bridgehead atoms. The SMILES string of the molecule is CC/C=C\C/C=C\C/C=C\C/C=C\C/C=C\C/C=C\C/C=C\C/C=C\CCCCCCCCCCCCC(=O)OC(COC(=O)CCCCCCCCCCCCCCCCC/C=C\C/C=C\CCCCCCC)COC(OCC[N+](C)(C)C)C(=O)[O-]. The number of carbonyl (C=O) groups is 3. The van der Waals surface area contributed by atoms with Gasteiger partial charge in [-0.25, -0.2) is 0 Å². The molecule has 0 aliphatic carbocycles. The maximum absolute atomic E-state index is 12.9. The molecule has 0 amide bonds. The van der Waals surface area contributed by atoms with Crippen LogP contribution in [0.2, 0.25) is 0 Å². The Labute approximate surface area is 536 Å². The number of nitrogens with zero attached hydrogens (tertiary/aromatic N) is 1. The molecular formula is C78H133NO8. The highest BCUT2D eigenvalue weighted by atomic mass is 16.7. The van der Waals surface area contributed by atoms with Crippen LogP contribution in [0.5, 0.6) is 0 Å². The van der Waals surface area contributed by atoms with Gasteiger partial charge in [0.1, 0.15) is 13.2 Å². The Hall–Kier alpha value is -4.31. The van der Waals surface area contributed by atoms with E-state index in [1.807, 2.05) is 21.1 Å². The summed E-state index contributed by atoms with van der Waals surface area (Å²) in [5, 5.41) is 11.8. The van der Waals surface area contributed by atoms with E-state index in [0.717, 1.165) is 103 Å². The Bertz CT molecular complexity index is 1840. The molecule has 0 spiro atoms. The van der Waals surface area contributed by atoms with Gasteiger partial charge in [0.2, 0.25) is 0 Å². The van der Waals surface area contributed by atoms with Crippen LogP contribution in [0.15, 0.2) is 122 Å². The number of carbonyl (C=O) groups excluding carboxylic acids is 3. The van der Waals surface area contributed by atoms with E-state index in [0.29, 0.717) is 17.4 Å². The number of allylic oxidation sites excluding steroid dienone is 20. The molecule has 0 saturated heterocycles. The van der Waals surface area contributed by atoms with Crippen LogP contribution < -0.4 is 5.11 Å². The first kappa shape index (κ1) is 82.7. The quantitative estimate of drug-likeness (QED) is 0.0195. The van der Waals surface area contributed by atoms with E-state index >= 15 is 0 Å². The minimum absolute atomic E-state index is 0.142. The number of likely N-dealkylation sites (N-methyl/N-ethyl adjacent to an activating group) is 1. The summed E-state index contributed by atoms with van der Waals surface area (Å²) in [6, 6.07) is 0. The third-order valence-corrected chi connectivity index (χ3v) is 15.2. The lowest BCUT2D eigenvalue weighted by Gasteiger charge is -2.26. The summed E-state index contributed by atoms with van der Waals surface area (Å²) in [6.07, 6.45) is 92.7. The van der Waals surface area contributed by atoms with Crippen molar-refractivity contribution in [3.05, 3.63) is 122 Å². The molecule has 0 aromatic rings. The van der Waals surface area contributed by atoms with Gasteiger partial charge < -0.3 is 33.3 Å². The molecule has 87 heavy (non-hydrogen) atoms. The molecule has 0 saturated carbocycles. The molecule has 498 valence electrons. The largest absolute Gasteiger partial charge is 0.545 e. The molecular weight excluding hydrogens is 1080 g/mol. The number of hydrogen-bond acceptors (Lipinski definition) is 8. The first-order valence-electron chi connectivity index (χ1n) is 35.7. The highest BCUT2D eigenvalue weighted by Crippen LogP contribution is 2.17. The lowest BCUT2D eigenvalue weighted by atomic mass is 10.0. The fourth-order valence-corrected chi connectivity index (χ4v) is 9.76. The fraction of sp³-hybridized carbons (Fsp3) is 0.705. The molecule has 0 N–H and O–H groups in total. The van der Waals surface area contributed by atoms with Crippen LogP contribution in [-0.2, 0) is 33.3 Å². The monoisotopic (exact) mass is 1210 g/mol. The van der Waals surface area contributed by atoms with E-state index in [-0.39, 0.29) is 38.6 Å². The van der Waals surface area contributed by atoms with E-state index in [4.69, 9.17) is 18.9 Å². The van der Waals surface area contributed by atoms with E-state index in [1.165, 1.54) is 161 Å². The van der Waals surface area contributed by atoms with Crippen molar-refractivity contribution >= 4 is 17.9 Å². The molecule has 0 aliphatic heterocycles. The number of hydrogen-bond donors (Lipinski definition) is 0. The third-order valence-electron chi connectivity index (χ3n) is 15.2. The minimum atomic E-state index is -1.63. The Morgan fingerprint density at radius 1 is 0.356 bits per heavy atom. The van der Waals surface area contributed by atoms with Crippen molar-refractivity contribution in [2.24, 2.45) is 0 Å². The summed E-state index contributed by atoms with van der Waals surface area (Å²) in [7, 11) is 5.93. The maximum atomic E-state index is 12.9. The number of quaternary nitrogens is 1. The molecule has 9 nitrogen and oxygen atoms in total. The van der Waals surface area contributed by atoms with E-state index < -0.39 is 24.3 Å². The van der Waals surface area contributed by atoms with Gasteiger partial charge in [0.05, 0.1) is 40.3 Å². The highest BCUT2D eigenvalue weighted by Gasteiger charge is 2.22. The van der Waals surface area contributed by atoms with Crippen molar-refractivity contribution in [2.45, 2.75) is 309 Å². The van der Waals surface area contributed by atoms with Gasteiger partial charge in [0, 0.05) is 12.8 Å². The van der Waals surface area contributed by atoms with Crippen LogP contribution in [0, 0.1) is 0 Å². The van der Waals surface area contributed by atoms with Crippen LogP contribution in [-0.4, -0.2) is 82.3 Å². The van der Waals surface area contributed by atoms with Crippen LogP contribution in [0.3, 0.4) is 0 Å². The van der Waals surface area contributed by atoms with Crippen LogP contribution in [0.4, 0.5) is 0 Å². The number of rotatable bonds is 65. The second kappa shape index (κ2) is 67.6. The first-order valence-corrected chi connectivity index (χ1v) is 35.7. The molecule has 0 fully saturated rings. The zero-order chi connectivity index (χ0) is 63.3. The number of carboxylic acids is 1. The van der Waals surface area contributed by atoms with Crippen molar-refractivity contribution in [1.29, 1.82) is 0 Å². The number of esters is 2. The van der Waals surface area contributed by atoms with Crippen molar-refractivity contribution in [3.8, 4) is 0 Å². The Morgan fingerprint density at radius 3 is 0.977 bits per heavy atom. The van der Waals surface area contributed by atoms with E-state index in [1.54, 1.807) is 0 Å². The van der Waals surface area contributed by atoms with Gasteiger partial charge in [-0.3, -0.25) is 9.59 Å². The summed E-state index contributed by atoms with van der Waals surface area (Å²) in [5.74, 6) is -2.29. The number of aliphatic carboxylic acids is 1. The van der Waals surface area contributed by atoms with E-state index in [2.05, 4.69) is 135 Å². The Balaban J connectivity index is 4.15. The number of unbranched alkanes of at least 4 members (excludes halogenated alkanes) is 30. The van der Waals surface area contributed by atoms with Crippen LogP contribution in [0.25, 0.3) is 0 Å². The topological polar surface area (TPSA) is 111 Å². The van der Waals surface area contributed by atoms with Gasteiger partial charge in [0.15, 0.2) is 12.4 Å². The van der Waals surface area contributed by atoms with Gasteiger partial charge in [-0.15, -0.1) is 0 Å². The van der Waals surface area contributed by atoms with Gasteiger partial charge in [0.25, 0.3) is 0 Å². The third kappa shape index (κ3) is 69.0. The average Bonchev–Trinajstić information content (AvgIpc) is 3.56. The predicted molar refractivity (Wildman–Crippen MR) is 370 cm³/mol. The Morgan fingerprint density at radius 2 is 0.655 bits per heavy atom. The molecule has 0 rings (SSSR count). The van der Waals surface area contributed by atoms with Gasteiger partial charge >= 0.3 is 11.9 Å². The van der Waals surface area contributed by atoms with Crippen LogP contribution in [0.1, 0.15) is 296 Å². The van der Waals surface area contributed by atoms with Crippen molar-refractivity contribution < 1.29 is 42.9 Å². The molecule has 2 unspecified atom stereocenters. The molecule has 9 heteroatoms. The molecule has 0 radical (unpaired) electrons. The summed E-state index contributed by atoms with van der Waals surface area (Å²) in [4.78, 5) is 37.5. The molecule has 0 aliphatic rings. The standard InChI is InChI=1S/C78H133NO8/c1-6-8-10-12-14-16-18-20-22-24-26-28-30-32-34-35-36-37-38-39-40-41-43-45-47-49-51-53-55-57-59-61-63-65-67-69-76(81)87-74(73-86-78(77(82)83)84-71-70-79(3,4)5)72-85-75(80)68-66-64-62-60-58-56-54-52-50-48-46-44-42-33-31-29-27-25-23-21-19-17-15-13-11-9-7-2/h8,10,14,16,19-22,25-28,32,34,36-37,39-40,43,45,74,78H,6-7,9,11-13,15,17-18,23-24,29-31,33,35,38,41-42,44,46-73H2,1-5H3/b10-8-,16-14-,21-19-,22-20-,27-25-,28-26-,34-32-,37-36-,40-39-,45-43-. The highest BCUT2D eigenvalue weighted by molar-refractivity contribution is 5.70. The van der Waals surface area contributed by atoms with Crippen molar-refractivity contribution in [3.63, 3.8) is 0 Å². The zero-order valence-electron chi connectivity index (χ0n) is 56.9. The van der Waals surface area contributed by atoms with Crippen molar-refractivity contribution in [2.75, 3.05) is 47.5 Å². The first-order chi connectivity index (χ1) is 42.6. The Kier molecular flexibility index (Phi) is 64.3. The second-order valence-corrected chi connectivity index (χ2v) is 24.8. The van der Waals surface area contributed by atoms with Gasteiger partial charge in [-0.2, -0.15) is 0 Å². The molecule has 0 aromatic heterocycles. The molecule has 2 atom stereocenters. The summed E-state index contributed by atoms with van der Waals surface area (Å²) < 4.78 is 22.8. The second-order valence-electron chi connectivity index (χ2n) is 24.8. The number of ether oxygens (including phenoxy) is 4. The zero-order valence-corrected chi connectivity index (χ0v) is 56.9. The minimum Gasteiger partial charge on any atom is -0.545 e. The molecule has 0 heterocycles. The number of carboxylic acid groups (broad SMARTS) is 1. The van der Waals surface area contributed by atoms with Gasteiger partial charge in [-0.05, 0) is 109 Å². The lowest BCUT2D eigenvalue weighted by Crippen LogP contribution is -2.44. The lowest BCUT2D eigenvalue weighted by molar-refractivity contribution is -0.870. The summed E-state index contributed by atoms with van der Waals surface area (Å²) in [5.41, 5.74) is 0. The molecule has 0 aromatic carbocycles. The predicted octanol–water partition coefficient (Wildman–Crippen LogP) is 21.0. The van der Waals surface area contributed by atoms with Crippen LogP contribution >= 0.6 is 0 Å². The van der Waals surface area contributed by atoms with E-state index in [9.17, 15) is 19.5 Å². The smallest absolute Gasteiger partial charge is 0.306 e. The summed E-state index contributed by atoms with van der Waals surface area (Å²) >= 11 is 0. The normalized spacial score (nSPS) is 13.4. The summed E-state index contributed by atoms with van der Waals surface area (Å²) in [6.45, 7) is 4.64. The average molecular weight is 1210 g/mol. The maximum Gasteiger partial charge on any atom is 0.306 e. The van der Waals surface area contributed by atoms with Gasteiger partial charge in [-0.1, -0.05) is 296 Å². The fourth-order valence-electron chi connectivity index (χ4n) is 9.76. The van der Waals surface area contributed by atoms with Crippen molar-refractivity contribution in [1.82, 2.24) is 0 Å².